The molecule has 1 aromatic rings. The Morgan fingerprint density at radius 1 is 1.36 bits per heavy atom. The summed E-state index contributed by atoms with van der Waals surface area (Å²) in [5.74, 6) is -7.94. The van der Waals surface area contributed by atoms with Crippen LogP contribution in [0.4, 0.5) is 22.0 Å². The normalized spacial score (nSPS) is 29.7. The first-order valence-electron chi connectivity index (χ1n) is 7.53. The van der Waals surface area contributed by atoms with Crippen LogP contribution in [0.25, 0.3) is 0 Å². The Bertz CT molecular complexity index is 675. The fourth-order valence-corrected chi connectivity index (χ4v) is 3.05. The van der Waals surface area contributed by atoms with Crippen molar-refractivity contribution in [2.45, 2.75) is 44.6 Å². The number of rotatable bonds is 3. The zero-order chi connectivity index (χ0) is 19.2. The average Bonchev–Trinajstić information content (AvgIpc) is 2.79. The predicted molar refractivity (Wildman–Crippen MR) is 75.9 cm³/mol. The summed E-state index contributed by atoms with van der Waals surface area (Å²) >= 11 is 0. The van der Waals surface area contributed by atoms with Crippen LogP contribution in [0.5, 0.6) is 5.75 Å². The number of esters is 1. The summed E-state index contributed by atoms with van der Waals surface area (Å²) in [5.41, 5.74) is -3.08. The minimum Gasteiger partial charge on any atom is -0.505 e. The van der Waals surface area contributed by atoms with Gasteiger partial charge in [-0.3, -0.25) is 0 Å². The van der Waals surface area contributed by atoms with Gasteiger partial charge in [0.1, 0.15) is 0 Å². The van der Waals surface area contributed by atoms with Gasteiger partial charge in [0.2, 0.25) is 5.82 Å². The van der Waals surface area contributed by atoms with E-state index in [1.54, 1.807) is 0 Å². The van der Waals surface area contributed by atoms with E-state index in [1.165, 1.54) is 6.92 Å². The summed E-state index contributed by atoms with van der Waals surface area (Å²) in [7, 11) is 0. The lowest BCUT2D eigenvalue weighted by atomic mass is 9.77. The van der Waals surface area contributed by atoms with E-state index in [2.05, 4.69) is 0 Å². The number of phenols is 1. The molecule has 0 amide bonds. The molecule has 1 aliphatic rings. The van der Waals surface area contributed by atoms with E-state index in [0.717, 1.165) is 19.9 Å². The molecule has 0 saturated carbocycles. The summed E-state index contributed by atoms with van der Waals surface area (Å²) in [6, 6.07) is 1.61. The molecule has 140 valence electrons. The Balaban J connectivity index is 2.59. The number of carbonyl (C=O) groups excluding carboxylic acids is 1. The molecule has 1 aliphatic heterocycles. The number of aromatic hydroxyl groups is 1. The van der Waals surface area contributed by atoms with Gasteiger partial charge in [0, 0.05) is 17.4 Å². The maximum Gasteiger partial charge on any atom is 0.417 e. The number of benzene rings is 1. The maximum atomic E-state index is 13.7. The van der Waals surface area contributed by atoms with E-state index in [9.17, 15) is 31.9 Å². The predicted octanol–water partition coefficient (Wildman–Crippen LogP) is 3.67. The Labute approximate surface area is 140 Å². The highest BCUT2D eigenvalue weighted by Crippen LogP contribution is 2.54. The molecule has 9 heteroatoms. The van der Waals surface area contributed by atoms with E-state index >= 15 is 0 Å². The monoisotopic (exact) mass is 368 g/mol. The fraction of sp³-hybridized carbons (Fsp3) is 0.562. The van der Waals surface area contributed by atoms with Gasteiger partial charge in [-0.2, -0.15) is 17.6 Å². The van der Waals surface area contributed by atoms with Gasteiger partial charge in [0.25, 0.3) is 0 Å². The molecule has 1 heterocycles. The molecule has 25 heavy (non-hydrogen) atoms. The number of phenolic OH excluding ortho intramolecular Hbond substituents is 1. The molecule has 0 aliphatic carbocycles. The molecule has 1 aromatic carbocycles. The van der Waals surface area contributed by atoms with Crippen LogP contribution in [-0.4, -0.2) is 35.6 Å². The van der Waals surface area contributed by atoms with Crippen molar-refractivity contribution in [1.82, 2.24) is 0 Å². The summed E-state index contributed by atoms with van der Waals surface area (Å²) in [5, 5.41) is 9.86. The van der Waals surface area contributed by atoms with Gasteiger partial charge in [-0.25, -0.2) is 9.18 Å². The number of ether oxygens (including phenoxy) is 2. The summed E-state index contributed by atoms with van der Waals surface area (Å²) < 4.78 is 77.1. The second-order valence-electron chi connectivity index (χ2n) is 6.01. The van der Waals surface area contributed by atoms with Crippen molar-refractivity contribution in [3.63, 3.8) is 0 Å². The highest BCUT2D eigenvalue weighted by Gasteiger charge is 2.66. The molecule has 1 N–H and O–H groups in total. The minimum absolute atomic E-state index is 0.105. The number of halogens is 5. The van der Waals surface area contributed by atoms with E-state index in [4.69, 9.17) is 9.47 Å². The van der Waals surface area contributed by atoms with Crippen LogP contribution in [0.3, 0.4) is 0 Å². The van der Waals surface area contributed by atoms with E-state index in [1.807, 2.05) is 0 Å². The molecule has 0 unspecified atom stereocenters. The van der Waals surface area contributed by atoms with E-state index in [0.29, 0.717) is 6.07 Å². The van der Waals surface area contributed by atoms with Crippen molar-refractivity contribution < 1.29 is 41.3 Å². The lowest BCUT2D eigenvalue weighted by Gasteiger charge is -2.31. The third-order valence-corrected chi connectivity index (χ3v) is 4.65. The van der Waals surface area contributed by atoms with Gasteiger partial charge in [-0.05, 0) is 19.9 Å². The van der Waals surface area contributed by atoms with Crippen LogP contribution >= 0.6 is 0 Å². The summed E-state index contributed by atoms with van der Waals surface area (Å²) in [6.45, 7) is 3.29. The van der Waals surface area contributed by atoms with Gasteiger partial charge in [-0.15, -0.1) is 0 Å². The molecule has 0 spiro atoms. The Morgan fingerprint density at radius 3 is 2.48 bits per heavy atom. The Hall–Kier alpha value is -1.90. The quantitative estimate of drug-likeness (QED) is 0.653. The molecule has 2 rings (SSSR count). The zero-order valence-electron chi connectivity index (χ0n) is 13.7. The smallest absolute Gasteiger partial charge is 0.417 e. The van der Waals surface area contributed by atoms with Crippen LogP contribution in [0.15, 0.2) is 12.1 Å². The third kappa shape index (κ3) is 3.05. The van der Waals surface area contributed by atoms with Gasteiger partial charge < -0.3 is 14.6 Å². The van der Waals surface area contributed by atoms with Crippen LogP contribution < -0.4 is 0 Å². The Kier molecular flexibility index (Phi) is 5.00. The Morgan fingerprint density at radius 2 is 1.96 bits per heavy atom. The molecular weight excluding hydrogens is 351 g/mol. The van der Waals surface area contributed by atoms with Crippen molar-refractivity contribution in [3.05, 3.63) is 29.3 Å². The van der Waals surface area contributed by atoms with Gasteiger partial charge in [-0.1, -0.05) is 13.0 Å². The van der Waals surface area contributed by atoms with Crippen LogP contribution in [0, 0.1) is 17.6 Å². The molecule has 4 nitrogen and oxygen atoms in total. The molecule has 0 bridgehead atoms. The van der Waals surface area contributed by atoms with Crippen LogP contribution in [0.1, 0.15) is 32.3 Å². The van der Waals surface area contributed by atoms with Crippen molar-refractivity contribution in [2.24, 2.45) is 5.92 Å². The summed E-state index contributed by atoms with van der Waals surface area (Å²) in [4.78, 5) is 12.1. The maximum absolute atomic E-state index is 13.7. The average molecular weight is 368 g/mol. The first-order chi connectivity index (χ1) is 11.5. The molecule has 0 aromatic heterocycles. The molecule has 4 atom stereocenters. The first kappa shape index (κ1) is 19.4. The van der Waals surface area contributed by atoms with Crippen molar-refractivity contribution in [2.75, 3.05) is 6.61 Å². The van der Waals surface area contributed by atoms with Gasteiger partial charge >= 0.3 is 12.1 Å². The number of hydrogen-bond donors (Lipinski definition) is 1. The molecule has 0 radical (unpaired) electrons. The minimum atomic E-state index is -4.83. The van der Waals surface area contributed by atoms with E-state index < -0.39 is 53.1 Å². The lowest BCUT2D eigenvalue weighted by molar-refractivity contribution is -0.274. The van der Waals surface area contributed by atoms with Crippen molar-refractivity contribution >= 4 is 5.97 Å². The molecule has 1 saturated heterocycles. The van der Waals surface area contributed by atoms with Crippen molar-refractivity contribution in [3.8, 4) is 5.75 Å². The van der Waals surface area contributed by atoms with E-state index in [-0.39, 0.29) is 12.2 Å². The molecule has 1 fully saturated rings. The zero-order valence-corrected chi connectivity index (χ0v) is 13.7. The largest absolute Gasteiger partial charge is 0.505 e. The lowest BCUT2D eigenvalue weighted by Crippen LogP contribution is -2.47. The number of hydrogen-bond acceptors (Lipinski definition) is 4. The number of alkyl halides is 3. The SMILES string of the molecule is CCOC(=O)[C@@H]1O[C@@](C)(C(F)(F)F)[C@@H](C)[C@H]1c1ccc(F)c(F)c1O. The molecular formula is C16H17F5O4. The van der Waals surface area contributed by atoms with Crippen molar-refractivity contribution in [1.29, 1.82) is 0 Å². The van der Waals surface area contributed by atoms with Gasteiger partial charge in [0.15, 0.2) is 23.3 Å². The highest BCUT2D eigenvalue weighted by atomic mass is 19.4. The fourth-order valence-electron chi connectivity index (χ4n) is 3.05. The second-order valence-corrected chi connectivity index (χ2v) is 6.01. The first-order valence-corrected chi connectivity index (χ1v) is 7.53. The highest BCUT2D eigenvalue weighted by molar-refractivity contribution is 5.77. The van der Waals surface area contributed by atoms with Crippen LogP contribution in [0.2, 0.25) is 0 Å². The standard InChI is InChI=1S/C16H17F5O4/c1-4-24-14(23)13-10(7(2)15(3,25-13)16(19,20)21)8-5-6-9(17)11(18)12(8)22/h5-7,10,13,22H,4H2,1-3H3/t7-,10-,13+,15+/m0/s1. The third-order valence-electron chi connectivity index (χ3n) is 4.65. The topological polar surface area (TPSA) is 55.8 Å². The second kappa shape index (κ2) is 6.44. The number of carbonyl (C=O) groups is 1. The summed E-state index contributed by atoms with van der Waals surface area (Å²) in [6.07, 6.45) is -6.56. The van der Waals surface area contributed by atoms with Gasteiger partial charge in [0.05, 0.1) is 6.61 Å². The van der Waals surface area contributed by atoms with Crippen LogP contribution in [-0.2, 0) is 14.3 Å².